The van der Waals surface area contributed by atoms with Gasteiger partial charge in [-0.15, -0.1) is 0 Å². The number of rotatable bonds is 0. The first-order valence-electron chi connectivity index (χ1n) is 5.74. The van der Waals surface area contributed by atoms with Crippen LogP contribution >= 0.6 is 0 Å². The smallest absolute Gasteiger partial charge is 0.147 e. The van der Waals surface area contributed by atoms with Gasteiger partial charge in [-0.25, -0.2) is 0 Å². The molecule has 0 aromatic carbocycles. The summed E-state index contributed by atoms with van der Waals surface area (Å²) in [4.78, 5) is 0. The van der Waals surface area contributed by atoms with Gasteiger partial charge in [-0.05, 0) is 31.6 Å². The fraction of sp³-hybridized carbons (Fsp3) is 1.00. The average Bonchev–Trinajstić information content (AvgIpc) is 2.09. The van der Waals surface area contributed by atoms with E-state index in [0.717, 1.165) is 6.61 Å². The van der Waals surface area contributed by atoms with Gasteiger partial charge < -0.3 is 9.47 Å². The Balaban J connectivity index is 2.13. The van der Waals surface area contributed by atoms with Crippen molar-refractivity contribution in [1.29, 1.82) is 0 Å². The largest absolute Gasteiger partial charge is 0.355 e. The van der Waals surface area contributed by atoms with E-state index >= 15 is 0 Å². The van der Waals surface area contributed by atoms with Crippen molar-refractivity contribution in [3.63, 3.8) is 0 Å². The van der Waals surface area contributed by atoms with Gasteiger partial charge >= 0.3 is 0 Å². The highest BCUT2D eigenvalue weighted by Gasteiger charge is 2.46. The summed E-state index contributed by atoms with van der Waals surface area (Å²) in [6.45, 7) is 8.34. The van der Waals surface area contributed by atoms with Crippen LogP contribution in [0.25, 0.3) is 0 Å². The quantitative estimate of drug-likeness (QED) is 0.596. The van der Waals surface area contributed by atoms with Crippen LogP contribution in [-0.2, 0) is 9.47 Å². The van der Waals surface area contributed by atoms with E-state index in [0.29, 0.717) is 23.7 Å². The van der Waals surface area contributed by atoms with Gasteiger partial charge in [0.1, 0.15) is 6.79 Å². The lowest BCUT2D eigenvalue weighted by Crippen LogP contribution is -2.48. The van der Waals surface area contributed by atoms with Crippen molar-refractivity contribution in [1.82, 2.24) is 0 Å². The third-order valence-electron chi connectivity index (χ3n) is 4.01. The van der Waals surface area contributed by atoms with Crippen LogP contribution in [0.2, 0.25) is 0 Å². The van der Waals surface area contributed by atoms with Gasteiger partial charge in [0.25, 0.3) is 0 Å². The van der Waals surface area contributed by atoms with Crippen LogP contribution in [0.3, 0.4) is 0 Å². The highest BCUT2D eigenvalue weighted by Crippen LogP contribution is 2.49. The highest BCUT2D eigenvalue weighted by atomic mass is 16.7. The molecule has 1 spiro atoms. The van der Waals surface area contributed by atoms with Crippen molar-refractivity contribution in [2.45, 2.75) is 52.6 Å². The molecule has 0 N–H and O–H groups in total. The lowest BCUT2D eigenvalue weighted by molar-refractivity contribution is -0.221. The van der Waals surface area contributed by atoms with Crippen molar-refractivity contribution < 1.29 is 9.47 Å². The SMILES string of the molecule is CC1OCOCC12CCCC(C)(C)C2. The zero-order valence-corrected chi connectivity index (χ0v) is 9.64. The molecule has 2 unspecified atom stereocenters. The van der Waals surface area contributed by atoms with Gasteiger partial charge in [-0.2, -0.15) is 0 Å². The van der Waals surface area contributed by atoms with Crippen LogP contribution in [0.1, 0.15) is 46.5 Å². The molecule has 2 nitrogen and oxygen atoms in total. The second kappa shape index (κ2) is 3.49. The molecule has 0 amide bonds. The molecule has 2 rings (SSSR count). The van der Waals surface area contributed by atoms with Gasteiger partial charge in [-0.1, -0.05) is 20.3 Å². The molecule has 0 aromatic rings. The molecule has 1 saturated heterocycles. The van der Waals surface area contributed by atoms with Crippen molar-refractivity contribution >= 4 is 0 Å². The van der Waals surface area contributed by atoms with E-state index in [1.54, 1.807) is 0 Å². The molecule has 82 valence electrons. The van der Waals surface area contributed by atoms with Gasteiger partial charge in [-0.3, -0.25) is 0 Å². The van der Waals surface area contributed by atoms with Crippen LogP contribution < -0.4 is 0 Å². The molecule has 2 aliphatic rings. The molecule has 0 bridgehead atoms. The summed E-state index contributed by atoms with van der Waals surface area (Å²) >= 11 is 0. The van der Waals surface area contributed by atoms with Crippen LogP contribution in [-0.4, -0.2) is 19.5 Å². The standard InChI is InChI=1S/C12H22O2/c1-10-12(8-13-9-14-10)6-4-5-11(2,3)7-12/h10H,4-9H2,1-3H3. The molecule has 2 heteroatoms. The lowest BCUT2D eigenvalue weighted by atomic mass is 9.61. The molecule has 1 heterocycles. The molecule has 1 saturated carbocycles. The Kier molecular flexibility index (Phi) is 2.61. The first kappa shape index (κ1) is 10.4. The molecular weight excluding hydrogens is 176 g/mol. The second-order valence-electron chi connectivity index (χ2n) is 5.83. The van der Waals surface area contributed by atoms with E-state index in [2.05, 4.69) is 20.8 Å². The Morgan fingerprint density at radius 2 is 2.00 bits per heavy atom. The predicted molar refractivity (Wildman–Crippen MR) is 56.0 cm³/mol. The minimum Gasteiger partial charge on any atom is -0.355 e. The first-order valence-corrected chi connectivity index (χ1v) is 5.74. The minimum absolute atomic E-state index is 0.306. The van der Waals surface area contributed by atoms with Gasteiger partial charge in [0.15, 0.2) is 0 Å². The Morgan fingerprint density at radius 3 is 2.64 bits per heavy atom. The van der Waals surface area contributed by atoms with Crippen LogP contribution in [0.15, 0.2) is 0 Å². The normalized spacial score (nSPS) is 42.6. The maximum absolute atomic E-state index is 5.64. The first-order chi connectivity index (χ1) is 6.54. The maximum atomic E-state index is 5.64. The van der Waals surface area contributed by atoms with E-state index in [-0.39, 0.29) is 0 Å². The van der Waals surface area contributed by atoms with Crippen LogP contribution in [0.4, 0.5) is 0 Å². The number of ether oxygens (including phenoxy) is 2. The van der Waals surface area contributed by atoms with Crippen molar-refractivity contribution in [2.75, 3.05) is 13.4 Å². The van der Waals surface area contributed by atoms with E-state index in [4.69, 9.17) is 9.47 Å². The average molecular weight is 198 g/mol. The van der Waals surface area contributed by atoms with Crippen LogP contribution in [0.5, 0.6) is 0 Å². The topological polar surface area (TPSA) is 18.5 Å². The third kappa shape index (κ3) is 1.82. The lowest BCUT2D eigenvalue weighted by Gasteiger charge is -2.49. The van der Waals surface area contributed by atoms with Gasteiger partial charge in [0, 0.05) is 5.41 Å². The number of hydrogen-bond acceptors (Lipinski definition) is 2. The molecule has 2 fully saturated rings. The molecule has 1 aliphatic heterocycles. The van der Waals surface area contributed by atoms with E-state index < -0.39 is 0 Å². The summed E-state index contributed by atoms with van der Waals surface area (Å²) in [6.07, 6.45) is 5.57. The summed E-state index contributed by atoms with van der Waals surface area (Å²) in [7, 11) is 0. The highest BCUT2D eigenvalue weighted by molar-refractivity contribution is 4.95. The van der Waals surface area contributed by atoms with E-state index in [1.807, 2.05) is 0 Å². The molecular formula is C12H22O2. The summed E-state index contributed by atoms with van der Waals surface area (Å²) in [6, 6.07) is 0. The summed E-state index contributed by atoms with van der Waals surface area (Å²) in [5, 5.41) is 0. The molecule has 14 heavy (non-hydrogen) atoms. The molecule has 1 aliphatic carbocycles. The summed E-state index contributed by atoms with van der Waals surface area (Å²) < 4.78 is 11.1. The zero-order chi connectivity index (χ0) is 10.2. The monoisotopic (exact) mass is 198 g/mol. The minimum atomic E-state index is 0.306. The second-order valence-corrected chi connectivity index (χ2v) is 5.83. The fourth-order valence-corrected chi connectivity index (χ4v) is 3.21. The summed E-state index contributed by atoms with van der Waals surface area (Å²) in [5.41, 5.74) is 0.774. The van der Waals surface area contributed by atoms with E-state index in [9.17, 15) is 0 Å². The number of hydrogen-bond donors (Lipinski definition) is 0. The van der Waals surface area contributed by atoms with Crippen LogP contribution in [0, 0.1) is 10.8 Å². The van der Waals surface area contributed by atoms with Gasteiger partial charge in [0.05, 0.1) is 12.7 Å². The third-order valence-corrected chi connectivity index (χ3v) is 4.01. The van der Waals surface area contributed by atoms with Crippen molar-refractivity contribution in [3.05, 3.63) is 0 Å². The Labute approximate surface area is 87.0 Å². The predicted octanol–water partition coefficient (Wildman–Crippen LogP) is 2.97. The fourth-order valence-electron chi connectivity index (χ4n) is 3.21. The van der Waals surface area contributed by atoms with Crippen molar-refractivity contribution in [3.8, 4) is 0 Å². The molecule has 0 aromatic heterocycles. The molecule has 0 radical (unpaired) electrons. The molecule has 2 atom stereocenters. The van der Waals surface area contributed by atoms with E-state index in [1.165, 1.54) is 25.7 Å². The van der Waals surface area contributed by atoms with Crippen molar-refractivity contribution in [2.24, 2.45) is 10.8 Å². The Hall–Kier alpha value is -0.0800. The Bertz CT molecular complexity index is 208. The Morgan fingerprint density at radius 1 is 1.21 bits per heavy atom. The summed E-state index contributed by atoms with van der Waals surface area (Å²) in [5.74, 6) is 0. The maximum Gasteiger partial charge on any atom is 0.147 e. The van der Waals surface area contributed by atoms with Gasteiger partial charge in [0.2, 0.25) is 0 Å². The zero-order valence-electron chi connectivity index (χ0n) is 9.64.